The molecule has 0 atom stereocenters. The lowest BCUT2D eigenvalue weighted by Gasteiger charge is -2.06. The lowest BCUT2D eigenvalue weighted by molar-refractivity contribution is -0.125. The van der Waals surface area contributed by atoms with Crippen molar-refractivity contribution in [2.75, 3.05) is 6.61 Å². The van der Waals surface area contributed by atoms with E-state index in [-0.39, 0.29) is 0 Å². The Kier molecular flexibility index (Phi) is 4.85. The fraction of sp³-hybridized carbons (Fsp3) is 0.0833. The molecule has 2 rings (SSSR count). The third-order valence-corrected chi connectivity index (χ3v) is 3.84. The fourth-order valence-electron chi connectivity index (χ4n) is 1.23. The van der Waals surface area contributed by atoms with Gasteiger partial charge in [-0.15, -0.1) is 22.7 Å². The first-order chi connectivity index (χ1) is 9.66. The molecule has 2 aromatic heterocycles. The molecule has 0 fully saturated rings. The van der Waals surface area contributed by atoms with Crippen LogP contribution >= 0.6 is 22.7 Å². The Bertz CT molecular complexity index is 541. The summed E-state index contributed by atoms with van der Waals surface area (Å²) in [6.45, 7) is -0.457. The van der Waals surface area contributed by atoms with Gasteiger partial charge in [-0.1, -0.05) is 12.1 Å². The van der Waals surface area contributed by atoms with Crippen molar-refractivity contribution in [2.45, 2.75) is 0 Å². The normalized spacial score (nSPS) is 9.80. The van der Waals surface area contributed by atoms with Crippen molar-refractivity contribution in [1.82, 2.24) is 10.9 Å². The number of ether oxygens (including phenoxy) is 1. The molecule has 0 bridgehead atoms. The highest BCUT2D eigenvalue weighted by Crippen LogP contribution is 2.09. The van der Waals surface area contributed by atoms with Gasteiger partial charge in [-0.05, 0) is 22.9 Å². The number of thiophene rings is 2. The molecule has 0 aromatic carbocycles. The number of carbonyl (C=O) groups is 3. The zero-order valence-electron chi connectivity index (χ0n) is 10.1. The maximum Gasteiger partial charge on any atom is 0.348 e. The van der Waals surface area contributed by atoms with Crippen LogP contribution in [0.1, 0.15) is 19.3 Å². The Morgan fingerprint density at radius 2 is 1.65 bits per heavy atom. The summed E-state index contributed by atoms with van der Waals surface area (Å²) in [4.78, 5) is 35.3. The molecule has 2 N–H and O–H groups in total. The number of carbonyl (C=O) groups excluding carboxylic acids is 3. The molecule has 20 heavy (non-hydrogen) atoms. The summed E-state index contributed by atoms with van der Waals surface area (Å²) in [5.74, 6) is -1.60. The minimum atomic E-state index is -0.611. The number of nitrogens with one attached hydrogen (secondary N) is 2. The van der Waals surface area contributed by atoms with Gasteiger partial charge < -0.3 is 4.74 Å². The largest absolute Gasteiger partial charge is 0.451 e. The number of amides is 2. The van der Waals surface area contributed by atoms with Gasteiger partial charge in [-0.25, -0.2) is 4.79 Å². The molecule has 0 radical (unpaired) electrons. The molecule has 8 heteroatoms. The molecule has 0 saturated heterocycles. The summed E-state index contributed by atoms with van der Waals surface area (Å²) < 4.78 is 4.78. The molecule has 0 spiro atoms. The van der Waals surface area contributed by atoms with E-state index in [1.807, 2.05) is 0 Å². The quantitative estimate of drug-likeness (QED) is 0.661. The van der Waals surface area contributed by atoms with E-state index >= 15 is 0 Å². The average molecular weight is 310 g/mol. The molecule has 2 heterocycles. The zero-order valence-corrected chi connectivity index (χ0v) is 11.8. The number of rotatable bonds is 4. The van der Waals surface area contributed by atoms with E-state index in [2.05, 4.69) is 10.9 Å². The molecule has 0 aliphatic carbocycles. The second-order valence-electron chi connectivity index (χ2n) is 3.53. The lowest BCUT2D eigenvalue weighted by Crippen LogP contribution is -2.43. The van der Waals surface area contributed by atoms with Gasteiger partial charge in [0, 0.05) is 0 Å². The molecule has 0 unspecified atom stereocenters. The summed E-state index contributed by atoms with van der Waals surface area (Å²) in [7, 11) is 0. The van der Waals surface area contributed by atoms with Gasteiger partial charge in [0.15, 0.2) is 6.61 Å². The second kappa shape index (κ2) is 6.83. The average Bonchev–Trinajstić information content (AvgIpc) is 3.14. The smallest absolute Gasteiger partial charge is 0.348 e. The maximum atomic E-state index is 11.5. The van der Waals surface area contributed by atoms with Crippen molar-refractivity contribution < 1.29 is 19.1 Å². The molecule has 0 aliphatic rings. The van der Waals surface area contributed by atoms with Crippen LogP contribution in [-0.4, -0.2) is 24.4 Å². The van der Waals surface area contributed by atoms with Gasteiger partial charge >= 0.3 is 5.97 Å². The lowest BCUT2D eigenvalue weighted by atomic mass is 10.4. The van der Waals surface area contributed by atoms with Crippen LogP contribution in [0.4, 0.5) is 0 Å². The number of esters is 1. The van der Waals surface area contributed by atoms with Gasteiger partial charge in [0.05, 0.1) is 4.88 Å². The third-order valence-electron chi connectivity index (χ3n) is 2.12. The topological polar surface area (TPSA) is 84.5 Å². The van der Waals surface area contributed by atoms with Crippen LogP contribution in [0, 0.1) is 0 Å². The van der Waals surface area contributed by atoms with E-state index in [9.17, 15) is 14.4 Å². The van der Waals surface area contributed by atoms with Crippen LogP contribution < -0.4 is 10.9 Å². The monoisotopic (exact) mass is 310 g/mol. The van der Waals surface area contributed by atoms with Crippen molar-refractivity contribution in [3.05, 3.63) is 44.8 Å². The van der Waals surface area contributed by atoms with Crippen LogP contribution in [0.15, 0.2) is 35.0 Å². The highest BCUT2D eigenvalue weighted by molar-refractivity contribution is 7.12. The Hall–Kier alpha value is -2.19. The van der Waals surface area contributed by atoms with Crippen LogP contribution in [0.25, 0.3) is 0 Å². The molecule has 6 nitrogen and oxygen atoms in total. The SMILES string of the molecule is O=C(COC(=O)c1cccs1)NNC(=O)c1cccs1. The molecule has 0 saturated carbocycles. The van der Waals surface area contributed by atoms with Crippen molar-refractivity contribution >= 4 is 40.5 Å². The minimum Gasteiger partial charge on any atom is -0.451 e. The molecule has 2 aromatic rings. The van der Waals surface area contributed by atoms with Gasteiger partial charge in [0.2, 0.25) is 0 Å². The van der Waals surface area contributed by atoms with E-state index < -0.39 is 24.4 Å². The Labute approximate surface area is 122 Å². The van der Waals surface area contributed by atoms with Crippen LogP contribution in [0.2, 0.25) is 0 Å². The second-order valence-corrected chi connectivity index (χ2v) is 5.43. The van der Waals surface area contributed by atoms with Crippen molar-refractivity contribution in [3.63, 3.8) is 0 Å². The third kappa shape index (κ3) is 3.90. The number of hydrazine groups is 1. The molecular formula is C12H10N2O4S2. The fourth-order valence-corrected chi connectivity index (χ4v) is 2.46. The minimum absolute atomic E-state index is 0.417. The van der Waals surface area contributed by atoms with Crippen molar-refractivity contribution in [3.8, 4) is 0 Å². The summed E-state index contributed by atoms with van der Waals surface area (Å²) in [5.41, 5.74) is 4.39. The number of hydrogen-bond acceptors (Lipinski definition) is 6. The molecule has 0 aliphatic heterocycles. The molecule has 104 valence electrons. The van der Waals surface area contributed by atoms with E-state index in [4.69, 9.17) is 4.74 Å². The Morgan fingerprint density at radius 3 is 2.25 bits per heavy atom. The van der Waals surface area contributed by atoms with Gasteiger partial charge in [0.1, 0.15) is 4.88 Å². The van der Waals surface area contributed by atoms with Crippen LogP contribution in [-0.2, 0) is 9.53 Å². The van der Waals surface area contributed by atoms with Crippen molar-refractivity contribution in [1.29, 1.82) is 0 Å². The predicted octanol–water partition coefficient (Wildman–Crippen LogP) is 1.43. The van der Waals surface area contributed by atoms with Crippen LogP contribution in [0.5, 0.6) is 0 Å². The first kappa shape index (κ1) is 14.2. The summed E-state index contributed by atoms with van der Waals surface area (Å²) in [6, 6.07) is 6.67. The van der Waals surface area contributed by atoms with E-state index in [0.717, 1.165) is 0 Å². The number of hydrogen-bond donors (Lipinski definition) is 2. The van der Waals surface area contributed by atoms with Crippen molar-refractivity contribution in [2.24, 2.45) is 0 Å². The standard InChI is InChI=1S/C12H10N2O4S2/c15-10(7-18-12(17)9-4-2-6-20-9)13-14-11(16)8-3-1-5-19-8/h1-6H,7H2,(H,13,15)(H,14,16). The van der Waals surface area contributed by atoms with E-state index in [1.165, 1.54) is 22.7 Å². The maximum absolute atomic E-state index is 11.5. The Balaban J connectivity index is 1.71. The summed E-state index contributed by atoms with van der Waals surface area (Å²) in [6.07, 6.45) is 0. The van der Waals surface area contributed by atoms with Gasteiger partial charge in [0.25, 0.3) is 11.8 Å². The highest BCUT2D eigenvalue weighted by atomic mass is 32.1. The van der Waals surface area contributed by atoms with E-state index in [1.54, 1.807) is 35.0 Å². The molecule has 2 amide bonds. The highest BCUT2D eigenvalue weighted by Gasteiger charge is 2.12. The van der Waals surface area contributed by atoms with Crippen LogP contribution in [0.3, 0.4) is 0 Å². The van der Waals surface area contributed by atoms with Gasteiger partial charge in [-0.3, -0.25) is 20.4 Å². The first-order valence-electron chi connectivity index (χ1n) is 5.50. The molecular weight excluding hydrogens is 300 g/mol. The summed E-state index contributed by atoms with van der Waals surface area (Å²) in [5, 5.41) is 3.48. The first-order valence-corrected chi connectivity index (χ1v) is 7.26. The zero-order chi connectivity index (χ0) is 14.4. The Morgan fingerprint density at radius 1 is 1.00 bits per heavy atom. The van der Waals surface area contributed by atoms with Gasteiger partial charge in [-0.2, -0.15) is 0 Å². The van der Waals surface area contributed by atoms with E-state index in [0.29, 0.717) is 9.75 Å². The summed E-state index contributed by atoms with van der Waals surface area (Å²) >= 11 is 2.48. The predicted molar refractivity (Wildman–Crippen MR) is 74.5 cm³/mol.